The van der Waals surface area contributed by atoms with Crippen molar-refractivity contribution in [1.29, 1.82) is 0 Å². The molecule has 1 atom stereocenters. The lowest BCUT2D eigenvalue weighted by molar-refractivity contribution is 0.0701. The van der Waals surface area contributed by atoms with Crippen molar-refractivity contribution in [2.45, 2.75) is 19.9 Å². The van der Waals surface area contributed by atoms with Crippen LogP contribution >= 0.6 is 11.3 Å². The first kappa shape index (κ1) is 13.3. The van der Waals surface area contributed by atoms with Crippen LogP contribution in [-0.4, -0.2) is 22.0 Å². The summed E-state index contributed by atoms with van der Waals surface area (Å²) in [5.41, 5.74) is 0.871. The van der Waals surface area contributed by atoms with Gasteiger partial charge in [-0.15, -0.1) is 11.3 Å². The van der Waals surface area contributed by atoms with Crippen molar-refractivity contribution in [3.63, 3.8) is 0 Å². The highest BCUT2D eigenvalue weighted by molar-refractivity contribution is 7.13. The molecule has 0 spiro atoms. The number of furan rings is 1. The largest absolute Gasteiger partial charge is 0.477 e. The van der Waals surface area contributed by atoms with Crippen LogP contribution in [0.5, 0.6) is 0 Å². The van der Waals surface area contributed by atoms with E-state index in [2.05, 4.69) is 10.3 Å². The number of nitrogens with zero attached hydrogens (tertiary/aromatic N) is 1. The molecule has 0 aliphatic carbocycles. The molecule has 0 saturated heterocycles. The van der Waals surface area contributed by atoms with Gasteiger partial charge in [-0.2, -0.15) is 0 Å². The maximum Gasteiger partial charge on any atom is 0.347 e. The summed E-state index contributed by atoms with van der Waals surface area (Å²) in [4.78, 5) is 27.1. The average molecular weight is 280 g/mol. The van der Waals surface area contributed by atoms with Crippen molar-refractivity contribution < 1.29 is 19.1 Å². The molecule has 100 valence electrons. The second kappa shape index (κ2) is 5.23. The number of rotatable bonds is 4. The van der Waals surface area contributed by atoms with E-state index in [1.54, 1.807) is 19.9 Å². The second-order valence-electron chi connectivity index (χ2n) is 3.98. The van der Waals surface area contributed by atoms with Gasteiger partial charge in [-0.05, 0) is 19.9 Å². The summed E-state index contributed by atoms with van der Waals surface area (Å²) in [7, 11) is 0. The first-order valence-corrected chi connectivity index (χ1v) is 6.34. The number of amides is 1. The molecular formula is C12H12N2O4S. The minimum Gasteiger partial charge on any atom is -0.477 e. The van der Waals surface area contributed by atoms with Gasteiger partial charge in [-0.3, -0.25) is 4.79 Å². The minimum atomic E-state index is -1.00. The van der Waals surface area contributed by atoms with E-state index in [0.29, 0.717) is 16.3 Å². The minimum absolute atomic E-state index is 0.194. The molecular weight excluding hydrogens is 268 g/mol. The molecule has 2 heterocycles. The van der Waals surface area contributed by atoms with Crippen molar-refractivity contribution in [2.75, 3.05) is 0 Å². The van der Waals surface area contributed by atoms with Crippen LogP contribution in [0.4, 0.5) is 0 Å². The van der Waals surface area contributed by atoms with Crippen molar-refractivity contribution in [3.05, 3.63) is 39.7 Å². The van der Waals surface area contributed by atoms with E-state index in [1.165, 1.54) is 12.5 Å². The molecule has 2 aromatic rings. The van der Waals surface area contributed by atoms with Gasteiger partial charge in [-0.1, -0.05) is 0 Å². The molecule has 0 radical (unpaired) electrons. The quantitative estimate of drug-likeness (QED) is 0.896. The van der Waals surface area contributed by atoms with Crippen molar-refractivity contribution in [1.82, 2.24) is 10.3 Å². The Bertz CT molecular complexity index is 603. The number of hydrogen-bond acceptors (Lipinski definition) is 5. The van der Waals surface area contributed by atoms with E-state index in [-0.39, 0.29) is 16.8 Å². The van der Waals surface area contributed by atoms with Gasteiger partial charge in [0.05, 0.1) is 23.6 Å². The van der Waals surface area contributed by atoms with Gasteiger partial charge < -0.3 is 14.8 Å². The van der Waals surface area contributed by atoms with Gasteiger partial charge in [0.15, 0.2) is 0 Å². The third-order valence-corrected chi connectivity index (χ3v) is 3.84. The molecule has 2 rings (SSSR count). The molecule has 0 fully saturated rings. The summed E-state index contributed by atoms with van der Waals surface area (Å²) in [5.74, 6) is -1.29. The third kappa shape index (κ3) is 2.82. The monoisotopic (exact) mass is 280 g/mol. The van der Waals surface area contributed by atoms with Crippen LogP contribution in [0.2, 0.25) is 0 Å². The first-order chi connectivity index (χ1) is 8.99. The SMILES string of the molecule is Cc1nc([C@@H](C)NC(=O)c2ccoc2)sc1C(=O)O. The highest BCUT2D eigenvalue weighted by atomic mass is 32.1. The van der Waals surface area contributed by atoms with Crippen LogP contribution in [-0.2, 0) is 0 Å². The zero-order valence-corrected chi connectivity index (χ0v) is 11.2. The lowest BCUT2D eigenvalue weighted by atomic mass is 10.3. The Kier molecular flexibility index (Phi) is 3.66. The fourth-order valence-electron chi connectivity index (χ4n) is 1.54. The zero-order valence-electron chi connectivity index (χ0n) is 10.3. The summed E-state index contributed by atoms with van der Waals surface area (Å²) in [6.45, 7) is 3.38. The van der Waals surface area contributed by atoms with E-state index in [9.17, 15) is 9.59 Å². The lowest BCUT2D eigenvalue weighted by Crippen LogP contribution is -2.26. The molecule has 1 amide bonds. The van der Waals surface area contributed by atoms with Gasteiger partial charge in [-0.25, -0.2) is 9.78 Å². The zero-order chi connectivity index (χ0) is 14.0. The number of thiazole rings is 1. The average Bonchev–Trinajstić information content (AvgIpc) is 2.96. The number of carboxylic acids is 1. The van der Waals surface area contributed by atoms with Gasteiger partial charge >= 0.3 is 5.97 Å². The highest BCUT2D eigenvalue weighted by Gasteiger charge is 2.19. The summed E-state index contributed by atoms with van der Waals surface area (Å²) >= 11 is 1.07. The third-order valence-electron chi connectivity index (χ3n) is 2.51. The molecule has 0 aliphatic rings. The Labute approximate surface area is 113 Å². The molecule has 0 aromatic carbocycles. The van der Waals surface area contributed by atoms with Gasteiger partial charge in [0.1, 0.15) is 16.1 Å². The summed E-state index contributed by atoms with van der Waals surface area (Å²) < 4.78 is 4.83. The number of aromatic carboxylic acids is 1. The van der Waals surface area contributed by atoms with Crippen LogP contribution in [0.3, 0.4) is 0 Å². The number of carboxylic acid groups (broad SMARTS) is 1. The van der Waals surface area contributed by atoms with Crippen LogP contribution in [0, 0.1) is 6.92 Å². The predicted octanol–water partition coefficient (Wildman–Crippen LogP) is 2.23. The molecule has 19 heavy (non-hydrogen) atoms. The highest BCUT2D eigenvalue weighted by Crippen LogP contribution is 2.23. The van der Waals surface area contributed by atoms with Crippen molar-refractivity contribution >= 4 is 23.2 Å². The van der Waals surface area contributed by atoms with Crippen molar-refractivity contribution in [3.8, 4) is 0 Å². The van der Waals surface area contributed by atoms with Crippen LogP contribution in [0.1, 0.15) is 43.7 Å². The first-order valence-electron chi connectivity index (χ1n) is 5.52. The molecule has 0 unspecified atom stereocenters. The van der Waals surface area contributed by atoms with E-state index < -0.39 is 5.97 Å². The Morgan fingerprint density at radius 1 is 1.53 bits per heavy atom. The fraction of sp³-hybridized carbons (Fsp3) is 0.250. The normalized spacial score (nSPS) is 12.1. The molecule has 2 N–H and O–H groups in total. The Hall–Kier alpha value is -2.15. The molecule has 2 aromatic heterocycles. The predicted molar refractivity (Wildman–Crippen MR) is 68.4 cm³/mol. The molecule has 0 aliphatic heterocycles. The maximum absolute atomic E-state index is 11.8. The smallest absolute Gasteiger partial charge is 0.347 e. The van der Waals surface area contributed by atoms with Gasteiger partial charge in [0.2, 0.25) is 0 Å². The van der Waals surface area contributed by atoms with E-state index in [0.717, 1.165) is 11.3 Å². The van der Waals surface area contributed by atoms with Gasteiger partial charge in [0, 0.05) is 0 Å². The second-order valence-corrected chi connectivity index (χ2v) is 5.01. The van der Waals surface area contributed by atoms with E-state index in [4.69, 9.17) is 9.52 Å². The Morgan fingerprint density at radius 3 is 2.79 bits per heavy atom. The lowest BCUT2D eigenvalue weighted by Gasteiger charge is -2.09. The molecule has 0 saturated carbocycles. The van der Waals surface area contributed by atoms with Crippen LogP contribution in [0.15, 0.2) is 23.0 Å². The number of aryl methyl sites for hydroxylation is 1. The Morgan fingerprint density at radius 2 is 2.26 bits per heavy atom. The van der Waals surface area contributed by atoms with Gasteiger partial charge in [0.25, 0.3) is 5.91 Å². The van der Waals surface area contributed by atoms with E-state index >= 15 is 0 Å². The van der Waals surface area contributed by atoms with Crippen molar-refractivity contribution in [2.24, 2.45) is 0 Å². The number of nitrogens with one attached hydrogen (secondary N) is 1. The summed E-state index contributed by atoms with van der Waals surface area (Å²) in [6, 6.07) is 1.19. The maximum atomic E-state index is 11.8. The standard InChI is InChI=1S/C12H12N2O4S/c1-6-9(12(16)17)19-11(14-6)7(2)13-10(15)8-3-4-18-5-8/h3-5,7H,1-2H3,(H,13,15)(H,16,17)/t7-/m1/s1. The number of hydrogen-bond donors (Lipinski definition) is 2. The van der Waals surface area contributed by atoms with Crippen LogP contribution < -0.4 is 5.32 Å². The fourth-order valence-corrected chi connectivity index (χ4v) is 2.44. The number of carbonyl (C=O) groups is 2. The molecule has 7 heteroatoms. The Balaban J connectivity index is 2.12. The molecule has 6 nitrogen and oxygen atoms in total. The summed E-state index contributed by atoms with van der Waals surface area (Å²) in [6.07, 6.45) is 2.76. The topological polar surface area (TPSA) is 92.4 Å². The van der Waals surface area contributed by atoms with Crippen LogP contribution in [0.25, 0.3) is 0 Å². The summed E-state index contributed by atoms with van der Waals surface area (Å²) in [5, 5.41) is 12.3. The molecule has 0 bridgehead atoms. The number of aromatic nitrogens is 1. The number of carbonyl (C=O) groups excluding carboxylic acids is 1. The van der Waals surface area contributed by atoms with E-state index in [1.807, 2.05) is 0 Å².